The van der Waals surface area contributed by atoms with Gasteiger partial charge in [0.05, 0.1) is 5.56 Å². The first kappa shape index (κ1) is 12.1. The molecule has 4 heteroatoms. The summed E-state index contributed by atoms with van der Waals surface area (Å²) in [7, 11) is 1.90. The number of nitrogens with zero attached hydrogens (tertiary/aromatic N) is 2. The number of benzene rings is 1. The number of aromatic nitrogens is 1. The fourth-order valence-corrected chi connectivity index (χ4v) is 1.68. The summed E-state index contributed by atoms with van der Waals surface area (Å²) in [5.74, 6) is -0.252. The van der Waals surface area contributed by atoms with Gasteiger partial charge in [-0.15, -0.1) is 0 Å². The van der Waals surface area contributed by atoms with Gasteiger partial charge in [-0.25, -0.2) is 9.78 Å². The van der Waals surface area contributed by atoms with Crippen molar-refractivity contribution in [2.45, 2.75) is 6.92 Å². The van der Waals surface area contributed by atoms with Crippen LogP contribution >= 0.6 is 0 Å². The molecule has 0 aliphatic rings. The highest BCUT2D eigenvalue weighted by Gasteiger charge is 2.07. The summed E-state index contributed by atoms with van der Waals surface area (Å²) < 4.78 is 0. The lowest BCUT2D eigenvalue weighted by Gasteiger charge is -2.18. The number of aryl methyl sites for hydroxylation is 1. The Bertz CT molecular complexity index is 564. The molecule has 2 rings (SSSR count). The van der Waals surface area contributed by atoms with Gasteiger partial charge < -0.3 is 10.0 Å². The smallest absolute Gasteiger partial charge is 0.337 e. The molecule has 1 heterocycles. The molecule has 0 saturated heterocycles. The minimum Gasteiger partial charge on any atom is -0.478 e. The monoisotopic (exact) mass is 242 g/mol. The summed E-state index contributed by atoms with van der Waals surface area (Å²) in [6.45, 7) is 2.03. The van der Waals surface area contributed by atoms with Crippen LogP contribution in [0.1, 0.15) is 15.9 Å². The van der Waals surface area contributed by atoms with Crippen LogP contribution in [-0.2, 0) is 0 Å². The van der Waals surface area contributed by atoms with Crippen molar-refractivity contribution in [3.8, 4) is 0 Å². The van der Waals surface area contributed by atoms with E-state index >= 15 is 0 Å². The quantitative estimate of drug-likeness (QED) is 0.899. The first-order chi connectivity index (χ1) is 8.58. The molecule has 0 saturated carbocycles. The summed E-state index contributed by atoms with van der Waals surface area (Å²) >= 11 is 0. The van der Waals surface area contributed by atoms with Crippen LogP contribution in [0.2, 0.25) is 0 Å². The largest absolute Gasteiger partial charge is 0.478 e. The van der Waals surface area contributed by atoms with Crippen molar-refractivity contribution in [3.05, 3.63) is 53.7 Å². The SMILES string of the molecule is Cc1cccc(N(C)c2ccc(C(=O)O)cn2)c1. The molecule has 2 aromatic rings. The van der Waals surface area contributed by atoms with Crippen LogP contribution in [0.15, 0.2) is 42.6 Å². The molecule has 0 bridgehead atoms. The van der Waals surface area contributed by atoms with Crippen molar-refractivity contribution in [1.29, 1.82) is 0 Å². The predicted molar refractivity (Wildman–Crippen MR) is 70.4 cm³/mol. The zero-order valence-electron chi connectivity index (χ0n) is 10.3. The molecule has 0 aliphatic heterocycles. The zero-order valence-corrected chi connectivity index (χ0v) is 10.3. The highest BCUT2D eigenvalue weighted by Crippen LogP contribution is 2.22. The summed E-state index contributed by atoms with van der Waals surface area (Å²) in [5.41, 5.74) is 2.38. The number of pyridine rings is 1. The summed E-state index contributed by atoms with van der Waals surface area (Å²) in [4.78, 5) is 16.8. The lowest BCUT2D eigenvalue weighted by atomic mass is 10.2. The maximum atomic E-state index is 10.7. The highest BCUT2D eigenvalue weighted by molar-refractivity contribution is 5.87. The average molecular weight is 242 g/mol. The van der Waals surface area contributed by atoms with E-state index in [2.05, 4.69) is 4.98 Å². The summed E-state index contributed by atoms with van der Waals surface area (Å²) in [6, 6.07) is 11.3. The molecule has 4 nitrogen and oxygen atoms in total. The Morgan fingerprint density at radius 1 is 1.28 bits per heavy atom. The Morgan fingerprint density at radius 3 is 2.61 bits per heavy atom. The van der Waals surface area contributed by atoms with Gasteiger partial charge in [-0.2, -0.15) is 0 Å². The van der Waals surface area contributed by atoms with Crippen LogP contribution in [0.25, 0.3) is 0 Å². The second-order valence-corrected chi connectivity index (χ2v) is 4.11. The lowest BCUT2D eigenvalue weighted by molar-refractivity contribution is 0.0696. The number of anilines is 2. The van der Waals surface area contributed by atoms with Gasteiger partial charge in [0.2, 0.25) is 0 Å². The highest BCUT2D eigenvalue weighted by atomic mass is 16.4. The molecule has 0 atom stereocenters. The van der Waals surface area contributed by atoms with Gasteiger partial charge >= 0.3 is 5.97 Å². The van der Waals surface area contributed by atoms with E-state index in [0.29, 0.717) is 5.82 Å². The van der Waals surface area contributed by atoms with Crippen molar-refractivity contribution >= 4 is 17.5 Å². The number of carboxylic acid groups (broad SMARTS) is 1. The third kappa shape index (κ3) is 2.48. The molecule has 1 aromatic carbocycles. The molecule has 0 aliphatic carbocycles. The fourth-order valence-electron chi connectivity index (χ4n) is 1.68. The van der Waals surface area contributed by atoms with Gasteiger partial charge in [0.25, 0.3) is 0 Å². The Hall–Kier alpha value is -2.36. The number of hydrogen-bond donors (Lipinski definition) is 1. The second kappa shape index (κ2) is 4.87. The standard InChI is InChI=1S/C14H14N2O2/c1-10-4-3-5-12(8-10)16(2)13-7-6-11(9-15-13)14(17)18/h3-9H,1-2H3,(H,17,18). The van der Waals surface area contributed by atoms with E-state index in [1.54, 1.807) is 12.1 Å². The zero-order chi connectivity index (χ0) is 13.1. The Balaban J connectivity index is 2.28. The topological polar surface area (TPSA) is 53.4 Å². The molecule has 18 heavy (non-hydrogen) atoms. The molecule has 0 amide bonds. The van der Waals surface area contributed by atoms with Crippen LogP contribution in [0.5, 0.6) is 0 Å². The van der Waals surface area contributed by atoms with Crippen molar-refractivity contribution in [2.75, 3.05) is 11.9 Å². The van der Waals surface area contributed by atoms with Gasteiger partial charge in [0, 0.05) is 18.9 Å². The third-order valence-corrected chi connectivity index (χ3v) is 2.73. The first-order valence-corrected chi connectivity index (χ1v) is 5.57. The first-order valence-electron chi connectivity index (χ1n) is 5.57. The van der Waals surface area contributed by atoms with E-state index < -0.39 is 5.97 Å². The van der Waals surface area contributed by atoms with Crippen molar-refractivity contribution < 1.29 is 9.90 Å². The van der Waals surface area contributed by atoms with E-state index in [9.17, 15) is 4.79 Å². The number of carboxylic acids is 1. The fraction of sp³-hybridized carbons (Fsp3) is 0.143. The van der Waals surface area contributed by atoms with E-state index in [1.165, 1.54) is 11.8 Å². The van der Waals surface area contributed by atoms with Crippen LogP contribution in [0.3, 0.4) is 0 Å². The molecule has 0 unspecified atom stereocenters. The van der Waals surface area contributed by atoms with E-state index in [4.69, 9.17) is 5.11 Å². The van der Waals surface area contributed by atoms with Gasteiger partial charge in [-0.1, -0.05) is 12.1 Å². The van der Waals surface area contributed by atoms with Crippen molar-refractivity contribution in [3.63, 3.8) is 0 Å². The number of carbonyl (C=O) groups is 1. The van der Waals surface area contributed by atoms with Gasteiger partial charge in [-0.3, -0.25) is 0 Å². The number of hydrogen-bond acceptors (Lipinski definition) is 3. The molecule has 1 aromatic heterocycles. The number of aromatic carboxylic acids is 1. The minimum atomic E-state index is -0.966. The van der Waals surface area contributed by atoms with Crippen LogP contribution in [0.4, 0.5) is 11.5 Å². The van der Waals surface area contributed by atoms with Crippen LogP contribution in [0, 0.1) is 6.92 Å². The molecule has 1 N–H and O–H groups in total. The lowest BCUT2D eigenvalue weighted by Crippen LogP contribution is -2.11. The third-order valence-electron chi connectivity index (χ3n) is 2.73. The predicted octanol–water partition coefficient (Wildman–Crippen LogP) is 2.86. The van der Waals surface area contributed by atoms with E-state index in [-0.39, 0.29) is 5.56 Å². The van der Waals surface area contributed by atoms with E-state index in [0.717, 1.165) is 5.69 Å². The second-order valence-electron chi connectivity index (χ2n) is 4.11. The van der Waals surface area contributed by atoms with Crippen LogP contribution < -0.4 is 4.90 Å². The van der Waals surface area contributed by atoms with E-state index in [1.807, 2.05) is 43.1 Å². The van der Waals surface area contributed by atoms with Crippen molar-refractivity contribution in [2.24, 2.45) is 0 Å². The van der Waals surface area contributed by atoms with Crippen molar-refractivity contribution in [1.82, 2.24) is 4.98 Å². The average Bonchev–Trinajstić information content (AvgIpc) is 2.38. The normalized spacial score (nSPS) is 10.1. The van der Waals surface area contributed by atoms with Gasteiger partial charge in [-0.05, 0) is 36.8 Å². The molecule has 92 valence electrons. The summed E-state index contributed by atoms with van der Waals surface area (Å²) in [6.07, 6.45) is 1.37. The molecule has 0 spiro atoms. The molecular weight excluding hydrogens is 228 g/mol. The Labute approximate surface area is 106 Å². The molecular formula is C14H14N2O2. The van der Waals surface area contributed by atoms with Gasteiger partial charge in [0.1, 0.15) is 5.82 Å². The Kier molecular flexibility index (Phi) is 3.28. The van der Waals surface area contributed by atoms with Gasteiger partial charge in [0.15, 0.2) is 0 Å². The Morgan fingerprint density at radius 2 is 2.06 bits per heavy atom. The molecule has 0 fully saturated rings. The number of rotatable bonds is 3. The molecule has 0 radical (unpaired) electrons. The maximum Gasteiger partial charge on any atom is 0.337 e. The summed E-state index contributed by atoms with van der Waals surface area (Å²) in [5, 5.41) is 8.81. The van der Waals surface area contributed by atoms with Crippen LogP contribution in [-0.4, -0.2) is 23.1 Å². The minimum absolute atomic E-state index is 0.191. The maximum absolute atomic E-state index is 10.7.